The van der Waals surface area contributed by atoms with Gasteiger partial charge in [0.25, 0.3) is 0 Å². The molecule has 0 amide bonds. The predicted molar refractivity (Wildman–Crippen MR) is 172 cm³/mol. The van der Waals surface area contributed by atoms with Crippen LogP contribution in [0.2, 0.25) is 0 Å². The van der Waals surface area contributed by atoms with E-state index in [-0.39, 0.29) is 22.9 Å². The Hall–Kier alpha value is -2.25. The van der Waals surface area contributed by atoms with Gasteiger partial charge in [-0.1, -0.05) is 50.2 Å². The number of esters is 1. The average molecular weight is 609 g/mol. The topological polar surface area (TPSA) is 106 Å². The molecule has 5 rings (SSSR count). The molecule has 0 spiro atoms. The maximum Gasteiger partial charge on any atom is 0.311 e. The number of ether oxygens (including phenoxy) is 1. The Labute approximate surface area is 264 Å². The molecular formula is C37H56N2O5. The number of hydrogen-bond acceptors (Lipinski definition) is 7. The molecule has 0 unspecified atom stereocenters. The highest BCUT2D eigenvalue weighted by atomic mass is 16.5. The highest BCUT2D eigenvalue weighted by Crippen LogP contribution is 2.60. The first-order chi connectivity index (χ1) is 20.8. The molecule has 1 heterocycles. The Morgan fingerprint density at radius 3 is 2.61 bits per heavy atom. The Kier molecular flexibility index (Phi) is 9.68. The van der Waals surface area contributed by atoms with Crippen molar-refractivity contribution in [1.29, 1.82) is 0 Å². The molecule has 4 aliphatic carbocycles. The molecule has 44 heavy (non-hydrogen) atoms. The second-order valence-corrected chi connectivity index (χ2v) is 15.8. The third kappa shape index (κ3) is 6.65. The molecule has 0 aliphatic heterocycles. The summed E-state index contributed by atoms with van der Waals surface area (Å²) in [5, 5.41) is 24.7. The zero-order valence-corrected chi connectivity index (χ0v) is 28.0. The lowest BCUT2D eigenvalue weighted by molar-refractivity contribution is -0.161. The lowest BCUT2D eigenvalue weighted by Crippen LogP contribution is -2.38. The molecule has 0 bridgehead atoms. The van der Waals surface area contributed by atoms with Crippen LogP contribution in [-0.2, 0) is 21.4 Å². The molecule has 7 heteroatoms. The van der Waals surface area contributed by atoms with Gasteiger partial charge < -0.3 is 19.5 Å². The summed E-state index contributed by atoms with van der Waals surface area (Å²) in [5.41, 5.74) is 2.54. The minimum atomic E-state index is -0.656. The van der Waals surface area contributed by atoms with Crippen molar-refractivity contribution in [3.05, 3.63) is 47.2 Å². The summed E-state index contributed by atoms with van der Waals surface area (Å²) in [6.07, 6.45) is 15.2. The van der Waals surface area contributed by atoms with E-state index >= 15 is 0 Å². The van der Waals surface area contributed by atoms with Crippen molar-refractivity contribution in [1.82, 2.24) is 10.1 Å². The molecule has 4 saturated carbocycles. The van der Waals surface area contributed by atoms with Crippen LogP contribution >= 0.6 is 0 Å². The third-order valence-electron chi connectivity index (χ3n) is 11.5. The van der Waals surface area contributed by atoms with Crippen molar-refractivity contribution in [3.8, 4) is 0 Å². The van der Waals surface area contributed by atoms with Crippen LogP contribution in [0.4, 0.5) is 0 Å². The van der Waals surface area contributed by atoms with Gasteiger partial charge in [0.05, 0.1) is 23.0 Å². The molecule has 1 aromatic heterocycles. The summed E-state index contributed by atoms with van der Waals surface area (Å²) in [6, 6.07) is 0. The van der Waals surface area contributed by atoms with Gasteiger partial charge in [-0.3, -0.25) is 4.79 Å². The van der Waals surface area contributed by atoms with Crippen LogP contribution in [0, 0.1) is 28.6 Å². The van der Waals surface area contributed by atoms with E-state index in [1.54, 1.807) is 0 Å². The van der Waals surface area contributed by atoms with Crippen molar-refractivity contribution < 1.29 is 24.3 Å². The number of fused-ring (bicyclic) bond motifs is 1. The second-order valence-electron chi connectivity index (χ2n) is 15.8. The summed E-state index contributed by atoms with van der Waals surface area (Å²) < 4.78 is 12.1. The average Bonchev–Trinajstić information content (AvgIpc) is 3.48. The predicted octanol–water partition coefficient (Wildman–Crippen LogP) is 7.57. The number of carbonyl (C=O) groups is 1. The van der Waals surface area contributed by atoms with Gasteiger partial charge in [0.2, 0.25) is 5.89 Å². The van der Waals surface area contributed by atoms with E-state index in [2.05, 4.69) is 44.7 Å². The lowest BCUT2D eigenvalue weighted by Gasteiger charge is -2.44. The Bertz CT molecular complexity index is 1270. The van der Waals surface area contributed by atoms with Gasteiger partial charge in [0.15, 0.2) is 5.82 Å². The number of rotatable bonds is 10. The molecule has 0 radical (unpaired) electrons. The van der Waals surface area contributed by atoms with Gasteiger partial charge in [-0.05, 0) is 126 Å². The number of nitrogens with zero attached hydrogens (tertiary/aromatic N) is 2. The van der Waals surface area contributed by atoms with E-state index in [1.807, 2.05) is 20.8 Å². The first-order valence-corrected chi connectivity index (χ1v) is 17.3. The smallest absolute Gasteiger partial charge is 0.311 e. The van der Waals surface area contributed by atoms with E-state index in [0.29, 0.717) is 36.5 Å². The number of aryl methyl sites for hydroxylation is 1. The van der Waals surface area contributed by atoms with Crippen LogP contribution in [0.15, 0.2) is 40.0 Å². The summed E-state index contributed by atoms with van der Waals surface area (Å²) in [7, 11) is 0. The fourth-order valence-electron chi connectivity index (χ4n) is 8.64. The van der Waals surface area contributed by atoms with E-state index < -0.39 is 17.6 Å². The van der Waals surface area contributed by atoms with Gasteiger partial charge in [-0.2, -0.15) is 4.98 Å². The molecule has 4 aliphatic rings. The molecule has 244 valence electrons. The second kappa shape index (κ2) is 12.9. The van der Waals surface area contributed by atoms with Crippen LogP contribution < -0.4 is 0 Å². The van der Waals surface area contributed by atoms with Crippen LogP contribution in [0.25, 0.3) is 0 Å². The quantitative estimate of drug-likeness (QED) is 0.264. The van der Waals surface area contributed by atoms with Crippen LogP contribution in [-0.4, -0.2) is 44.6 Å². The first-order valence-electron chi connectivity index (χ1n) is 17.3. The normalized spacial score (nSPS) is 33.3. The van der Waals surface area contributed by atoms with Gasteiger partial charge in [0.1, 0.15) is 6.10 Å². The first kappa shape index (κ1) is 33.1. The zero-order valence-electron chi connectivity index (χ0n) is 28.0. The zero-order chi connectivity index (χ0) is 31.9. The van der Waals surface area contributed by atoms with Gasteiger partial charge in [-0.25, -0.2) is 0 Å². The van der Waals surface area contributed by atoms with Crippen LogP contribution in [0.5, 0.6) is 0 Å². The van der Waals surface area contributed by atoms with E-state index in [0.717, 1.165) is 61.9 Å². The summed E-state index contributed by atoms with van der Waals surface area (Å²) in [6.45, 7) is 16.9. The summed E-state index contributed by atoms with van der Waals surface area (Å²) in [5.74, 6) is 2.86. The maximum atomic E-state index is 13.2. The lowest BCUT2D eigenvalue weighted by atomic mass is 9.60. The van der Waals surface area contributed by atoms with E-state index in [4.69, 9.17) is 14.2 Å². The Morgan fingerprint density at radius 2 is 1.93 bits per heavy atom. The standard InChI is InChI=1S/C37H56N2O5/c1-8-10-32-38-33(44-39-32)37(19-20-37)31(43-34(42)35(4,5)6)17-12-23(2)28-15-16-29-25(11-9-18-36(28,29)7)13-14-26-21-27(40)22-30(41)24(26)3/h13-14,23,27-31,40-41H,3,8-12,15-22H2,1-2,4-7H3/b25-13+,26-14-/t23-,27-,28-,29+,30+,31+,36-/m1/s1. The molecular weight excluding hydrogens is 552 g/mol. The number of aliphatic hydroxyl groups is 2. The molecule has 1 aromatic rings. The van der Waals surface area contributed by atoms with Crippen LogP contribution in [0.3, 0.4) is 0 Å². The third-order valence-corrected chi connectivity index (χ3v) is 11.5. The highest BCUT2D eigenvalue weighted by molar-refractivity contribution is 5.75. The fraction of sp³-hybridized carbons (Fsp3) is 0.757. The SMILES string of the molecule is C=C1/C(=C\C=C2/CCC[C@]3(C)[C@@H]([C@H](C)CC[C@H](OC(=O)C(C)(C)C)C4(c5nc(CCC)no5)CC4)CC[C@@H]23)C[C@@H](O)C[C@@H]1O. The molecule has 0 saturated heterocycles. The molecule has 7 nitrogen and oxygen atoms in total. The van der Waals surface area contributed by atoms with E-state index in [1.165, 1.54) is 31.3 Å². The molecule has 2 N–H and O–H groups in total. The molecule has 0 aromatic carbocycles. The van der Waals surface area contributed by atoms with Crippen molar-refractivity contribution in [2.45, 2.75) is 149 Å². The largest absolute Gasteiger partial charge is 0.461 e. The van der Waals surface area contributed by atoms with E-state index in [9.17, 15) is 15.0 Å². The number of hydrogen-bond donors (Lipinski definition) is 2. The molecule has 4 fully saturated rings. The van der Waals surface area contributed by atoms with Crippen molar-refractivity contribution in [2.24, 2.45) is 28.6 Å². The molecule has 7 atom stereocenters. The van der Waals surface area contributed by atoms with Gasteiger partial charge in [-0.15, -0.1) is 0 Å². The Balaban J connectivity index is 1.30. The van der Waals surface area contributed by atoms with Gasteiger partial charge >= 0.3 is 5.97 Å². The Morgan fingerprint density at radius 1 is 1.18 bits per heavy atom. The number of carbonyl (C=O) groups excluding carboxylic acids is 1. The van der Waals surface area contributed by atoms with Crippen molar-refractivity contribution in [2.75, 3.05) is 0 Å². The van der Waals surface area contributed by atoms with Crippen LogP contribution in [0.1, 0.15) is 130 Å². The maximum absolute atomic E-state index is 13.2. The monoisotopic (exact) mass is 608 g/mol. The summed E-state index contributed by atoms with van der Waals surface area (Å²) >= 11 is 0. The fourth-order valence-corrected chi connectivity index (χ4v) is 8.64. The number of aromatic nitrogens is 2. The number of allylic oxidation sites excluding steroid dienone is 3. The van der Waals surface area contributed by atoms with Crippen molar-refractivity contribution in [3.63, 3.8) is 0 Å². The highest BCUT2D eigenvalue weighted by Gasteiger charge is 2.58. The van der Waals surface area contributed by atoms with Crippen molar-refractivity contribution >= 4 is 5.97 Å². The minimum Gasteiger partial charge on any atom is -0.461 e. The minimum absolute atomic E-state index is 0.167. The van der Waals surface area contributed by atoms with Gasteiger partial charge in [0, 0.05) is 12.8 Å². The number of aliphatic hydroxyl groups excluding tert-OH is 2. The summed E-state index contributed by atoms with van der Waals surface area (Å²) in [4.78, 5) is 17.9.